The number of carbonyl (C=O) groups excluding carboxylic acids is 4. The Morgan fingerprint density at radius 3 is 1.11 bits per heavy atom. The summed E-state index contributed by atoms with van der Waals surface area (Å²) < 4.78 is 0. The van der Waals surface area contributed by atoms with Gasteiger partial charge in [-0.2, -0.15) is 0 Å². The van der Waals surface area contributed by atoms with Crippen LogP contribution in [0.5, 0.6) is 0 Å². The lowest BCUT2D eigenvalue weighted by molar-refractivity contribution is 0.0877. The number of halogens is 1. The Hall–Kier alpha value is -5.59. The molecule has 6 nitrogen and oxygen atoms in total. The van der Waals surface area contributed by atoms with Crippen molar-refractivity contribution < 1.29 is 19.2 Å². The molecule has 0 spiro atoms. The fraction of sp³-hybridized carbons (Fsp3) is 0.345. The molecule has 4 amide bonds. The number of nitrogens with zero attached hydrogens (tertiary/aromatic N) is 2. The van der Waals surface area contributed by atoms with Crippen LogP contribution in [0.3, 0.4) is 0 Å². The van der Waals surface area contributed by atoms with E-state index in [9.17, 15) is 19.2 Å². The maximum Gasteiger partial charge on any atom is 0.266 e. The van der Waals surface area contributed by atoms with Crippen LogP contribution in [0.15, 0.2) is 60.7 Å². The summed E-state index contributed by atoms with van der Waals surface area (Å²) in [5, 5.41) is 6.51. The number of aryl methyl sites for hydroxylation is 5. The number of amides is 4. The van der Waals surface area contributed by atoms with Crippen LogP contribution >= 0.6 is 11.6 Å². The highest BCUT2D eigenvalue weighted by molar-refractivity contribution is 6.50. The van der Waals surface area contributed by atoms with Crippen molar-refractivity contribution in [1.82, 2.24) is 0 Å². The molecule has 312 valence electrons. The SMILES string of the molecule is Cc1cc(C2CCC(C)CC2)ccc1N1C(=O)c2cc(C)c3c4c(C)cc5c6c(cc(Cl)c(c7c(C)cc(c2c37)C1=O)c64)C(=O)N(c1ccc(C2CCC(C)CC2)cc1C)C5=O. The molecule has 7 heteroatoms. The zero-order valence-electron chi connectivity index (χ0n) is 36.6. The number of imide groups is 2. The van der Waals surface area contributed by atoms with Crippen molar-refractivity contribution in [3.05, 3.63) is 127 Å². The van der Waals surface area contributed by atoms with Crippen molar-refractivity contribution in [2.75, 3.05) is 9.80 Å². The van der Waals surface area contributed by atoms with Crippen molar-refractivity contribution in [2.24, 2.45) is 11.8 Å². The third-order valence-corrected chi connectivity index (χ3v) is 15.8. The summed E-state index contributed by atoms with van der Waals surface area (Å²) in [7, 11) is 0. The second kappa shape index (κ2) is 14.0. The smallest absolute Gasteiger partial charge is 0.266 e. The average Bonchev–Trinajstić information content (AvgIpc) is 3.24. The molecule has 7 aromatic rings. The lowest BCUT2D eigenvalue weighted by Gasteiger charge is -2.33. The molecule has 2 saturated carbocycles. The maximum atomic E-state index is 14.8. The molecule has 2 aliphatic heterocycles. The Balaban J connectivity index is 1.07. The Morgan fingerprint density at radius 2 is 0.742 bits per heavy atom. The van der Waals surface area contributed by atoms with E-state index in [4.69, 9.17) is 11.6 Å². The van der Waals surface area contributed by atoms with Gasteiger partial charge in [0.25, 0.3) is 23.6 Å². The number of carbonyl (C=O) groups is 4. The first-order chi connectivity index (χ1) is 29.7. The highest BCUT2D eigenvalue weighted by Crippen LogP contribution is 2.52. The molecule has 2 fully saturated rings. The average molecular weight is 839 g/mol. The van der Waals surface area contributed by atoms with Gasteiger partial charge in [-0.25, -0.2) is 9.80 Å². The third kappa shape index (κ3) is 5.47. The zero-order chi connectivity index (χ0) is 43.2. The monoisotopic (exact) mass is 838 g/mol. The van der Waals surface area contributed by atoms with E-state index >= 15 is 0 Å². The minimum atomic E-state index is -0.398. The van der Waals surface area contributed by atoms with Crippen LogP contribution in [0, 0.1) is 46.5 Å². The molecule has 11 rings (SSSR count). The predicted octanol–water partition coefficient (Wildman–Crippen LogP) is 14.1. The summed E-state index contributed by atoms with van der Waals surface area (Å²) in [6.07, 6.45) is 9.46. The minimum absolute atomic E-state index is 0.346. The van der Waals surface area contributed by atoms with Crippen molar-refractivity contribution in [2.45, 2.75) is 112 Å². The van der Waals surface area contributed by atoms with Crippen molar-refractivity contribution in [3.8, 4) is 0 Å². The summed E-state index contributed by atoms with van der Waals surface area (Å²) in [6.45, 7) is 14.6. The molecular formula is C55H51ClN2O4. The van der Waals surface area contributed by atoms with Gasteiger partial charge in [-0.3, -0.25) is 19.2 Å². The summed E-state index contributed by atoms with van der Waals surface area (Å²) in [6, 6.07) is 19.9. The third-order valence-electron chi connectivity index (χ3n) is 15.5. The van der Waals surface area contributed by atoms with Gasteiger partial charge in [0.2, 0.25) is 0 Å². The van der Waals surface area contributed by atoms with Crippen molar-refractivity contribution in [3.63, 3.8) is 0 Å². The normalized spacial score (nSPS) is 21.7. The van der Waals surface area contributed by atoms with E-state index in [0.717, 1.165) is 97.7 Å². The predicted molar refractivity (Wildman–Crippen MR) is 252 cm³/mol. The molecule has 0 bridgehead atoms. The van der Waals surface area contributed by atoms with Gasteiger partial charge in [0.05, 0.1) is 16.9 Å². The Labute approximate surface area is 367 Å². The standard InChI is InChI=1S/C55H51ClN2O4/c1-26-8-12-33(13-9-26)35-16-18-42(28(3)20-35)57-52(59)37-22-30(5)44-45-31(6)23-39-48-40(25-41(56)49(51(45)48)46-32(7)24-38(53(57)60)47(37)50(44)46)55(62)58(54(39)61)43-19-17-36(21-29(43)4)34-14-10-27(2)11-15-34/h16-27,33-34H,8-15H2,1-7H3. The van der Waals surface area contributed by atoms with Crippen molar-refractivity contribution in [1.29, 1.82) is 0 Å². The number of anilines is 2. The number of hydrogen-bond donors (Lipinski definition) is 0. The number of rotatable bonds is 4. The largest absolute Gasteiger partial charge is 0.268 e. The molecule has 0 aromatic heterocycles. The molecule has 4 aliphatic rings. The Kier molecular flexibility index (Phi) is 8.84. The highest BCUT2D eigenvalue weighted by atomic mass is 35.5. The molecular weight excluding hydrogens is 788 g/mol. The van der Waals surface area contributed by atoms with Crippen LogP contribution in [0.1, 0.15) is 157 Å². The molecule has 0 unspecified atom stereocenters. The molecule has 0 radical (unpaired) electrons. The molecule has 0 saturated heterocycles. The van der Waals surface area contributed by atoms with E-state index in [1.54, 1.807) is 6.07 Å². The fourth-order valence-electron chi connectivity index (χ4n) is 12.2. The van der Waals surface area contributed by atoms with Gasteiger partial charge >= 0.3 is 0 Å². The van der Waals surface area contributed by atoms with Gasteiger partial charge in [-0.05, 0) is 181 Å². The quantitative estimate of drug-likeness (QED) is 0.101. The van der Waals surface area contributed by atoms with Crippen LogP contribution in [0.4, 0.5) is 11.4 Å². The topological polar surface area (TPSA) is 74.8 Å². The second-order valence-electron chi connectivity index (χ2n) is 19.5. The van der Waals surface area contributed by atoms with E-state index in [1.807, 2.05) is 65.0 Å². The van der Waals surface area contributed by atoms with Crippen LogP contribution < -0.4 is 9.80 Å². The lowest BCUT2D eigenvalue weighted by Crippen LogP contribution is -2.41. The zero-order valence-corrected chi connectivity index (χ0v) is 37.4. The summed E-state index contributed by atoms with van der Waals surface area (Å²) in [5.74, 6) is 1.03. The molecule has 0 N–H and O–H groups in total. The fourth-order valence-corrected chi connectivity index (χ4v) is 12.5. The number of hydrogen-bond acceptors (Lipinski definition) is 4. The van der Waals surface area contributed by atoms with Crippen LogP contribution in [-0.2, 0) is 0 Å². The second-order valence-corrected chi connectivity index (χ2v) is 19.9. The van der Waals surface area contributed by atoms with Gasteiger partial charge in [0.15, 0.2) is 0 Å². The van der Waals surface area contributed by atoms with Crippen LogP contribution in [0.2, 0.25) is 5.02 Å². The van der Waals surface area contributed by atoms with E-state index in [-0.39, 0.29) is 17.7 Å². The van der Waals surface area contributed by atoms with Gasteiger partial charge < -0.3 is 0 Å². The first-order valence-electron chi connectivity index (χ1n) is 22.6. The van der Waals surface area contributed by atoms with E-state index < -0.39 is 5.91 Å². The van der Waals surface area contributed by atoms with E-state index in [1.165, 1.54) is 46.6 Å². The first-order valence-corrected chi connectivity index (χ1v) is 23.0. The first kappa shape index (κ1) is 39.3. The molecule has 2 heterocycles. The van der Waals surface area contributed by atoms with E-state index in [2.05, 4.69) is 38.1 Å². The van der Waals surface area contributed by atoms with Gasteiger partial charge in [0, 0.05) is 43.3 Å². The Morgan fingerprint density at radius 1 is 0.403 bits per heavy atom. The lowest BCUT2D eigenvalue weighted by atomic mass is 9.78. The summed E-state index contributed by atoms with van der Waals surface area (Å²) in [4.78, 5) is 61.9. The molecule has 0 atom stereocenters. The van der Waals surface area contributed by atoms with Crippen LogP contribution in [-0.4, -0.2) is 23.6 Å². The van der Waals surface area contributed by atoms with Gasteiger partial charge in [-0.15, -0.1) is 0 Å². The molecule has 62 heavy (non-hydrogen) atoms. The Bertz CT molecular complexity index is 2840. The van der Waals surface area contributed by atoms with Crippen molar-refractivity contribution >= 4 is 89.7 Å². The summed E-state index contributed by atoms with van der Waals surface area (Å²) >= 11 is 7.41. The summed E-state index contributed by atoms with van der Waals surface area (Å²) in [5.41, 5.74) is 9.90. The maximum absolute atomic E-state index is 14.8. The van der Waals surface area contributed by atoms with Crippen LogP contribution in [0.25, 0.3) is 43.1 Å². The highest BCUT2D eigenvalue weighted by Gasteiger charge is 2.41. The molecule has 2 aliphatic carbocycles. The van der Waals surface area contributed by atoms with Gasteiger partial charge in [0.1, 0.15) is 0 Å². The molecule has 7 aromatic carbocycles. The minimum Gasteiger partial charge on any atom is -0.268 e. The number of benzene rings is 7. The van der Waals surface area contributed by atoms with Gasteiger partial charge in [-0.1, -0.05) is 75.4 Å². The number of fused-ring (bicyclic) bond motifs is 2. The van der Waals surface area contributed by atoms with E-state index in [0.29, 0.717) is 61.3 Å².